The summed E-state index contributed by atoms with van der Waals surface area (Å²) < 4.78 is 0. The summed E-state index contributed by atoms with van der Waals surface area (Å²) in [6, 6.07) is 16.2. The number of thioether (sulfide) groups is 1. The molecule has 6 nitrogen and oxygen atoms in total. The Morgan fingerprint density at radius 3 is 2.71 bits per heavy atom. The van der Waals surface area contributed by atoms with Crippen molar-refractivity contribution in [3.8, 4) is 0 Å². The van der Waals surface area contributed by atoms with E-state index in [-0.39, 0.29) is 17.7 Å². The fraction of sp³-hybridized carbons (Fsp3) is 0.296. The Morgan fingerprint density at radius 2 is 1.89 bits per heavy atom. The number of amides is 2. The van der Waals surface area contributed by atoms with E-state index in [9.17, 15) is 9.59 Å². The molecule has 1 fully saturated rings. The van der Waals surface area contributed by atoms with Gasteiger partial charge in [-0.2, -0.15) is 0 Å². The summed E-state index contributed by atoms with van der Waals surface area (Å²) in [6.45, 7) is 1.93. The normalized spacial score (nSPS) is 14.4. The summed E-state index contributed by atoms with van der Waals surface area (Å²) >= 11 is 3.22. The van der Waals surface area contributed by atoms with Crippen LogP contribution >= 0.6 is 23.1 Å². The third kappa shape index (κ3) is 5.28. The molecule has 3 heterocycles. The van der Waals surface area contributed by atoms with E-state index in [0.29, 0.717) is 18.7 Å². The lowest BCUT2D eigenvalue weighted by atomic mass is 9.97. The van der Waals surface area contributed by atoms with E-state index < -0.39 is 0 Å². The molecule has 2 amide bonds. The lowest BCUT2D eigenvalue weighted by Crippen LogP contribution is -2.38. The fourth-order valence-electron chi connectivity index (χ4n) is 4.62. The van der Waals surface area contributed by atoms with Gasteiger partial charge in [-0.15, -0.1) is 23.1 Å². The number of piperidine rings is 1. The molecule has 2 aromatic heterocycles. The van der Waals surface area contributed by atoms with Gasteiger partial charge in [-0.3, -0.25) is 9.59 Å². The van der Waals surface area contributed by atoms with Crippen LogP contribution in [0.5, 0.6) is 0 Å². The lowest BCUT2D eigenvalue weighted by molar-refractivity contribution is -0.131. The maximum absolute atomic E-state index is 12.9. The van der Waals surface area contributed by atoms with Crippen molar-refractivity contribution >= 4 is 45.8 Å². The SMILES string of the molecule is CSc1ccccc1CNC(=O)c1csc(C2CCN(C(=O)Cc3c[nH]c4ccccc34)CC2)n1. The molecule has 1 aliphatic heterocycles. The van der Waals surface area contributed by atoms with Crippen molar-refractivity contribution in [3.05, 3.63) is 81.9 Å². The molecular weight excluding hydrogens is 476 g/mol. The fourth-order valence-corrected chi connectivity index (χ4v) is 6.21. The number of aromatic amines is 1. The number of rotatable bonds is 7. The minimum absolute atomic E-state index is 0.144. The number of H-pyrrole nitrogens is 1. The molecule has 35 heavy (non-hydrogen) atoms. The van der Waals surface area contributed by atoms with Crippen LogP contribution < -0.4 is 5.32 Å². The van der Waals surface area contributed by atoms with Gasteiger partial charge in [0.15, 0.2) is 0 Å². The maximum atomic E-state index is 12.9. The van der Waals surface area contributed by atoms with Crippen LogP contribution in [0, 0.1) is 0 Å². The van der Waals surface area contributed by atoms with Crippen LogP contribution in [-0.2, 0) is 17.8 Å². The first-order valence-corrected chi connectivity index (χ1v) is 13.9. The molecule has 8 heteroatoms. The Kier molecular flexibility index (Phi) is 7.20. The molecule has 0 aliphatic carbocycles. The van der Waals surface area contributed by atoms with E-state index in [1.165, 1.54) is 0 Å². The average molecular weight is 505 g/mol. The first-order valence-electron chi connectivity index (χ1n) is 11.8. The van der Waals surface area contributed by atoms with Crippen molar-refractivity contribution < 1.29 is 9.59 Å². The van der Waals surface area contributed by atoms with Crippen molar-refractivity contribution in [1.29, 1.82) is 0 Å². The molecular formula is C27H28N4O2S2. The summed E-state index contributed by atoms with van der Waals surface area (Å²) in [5, 5.41) is 6.95. The number of likely N-dealkylation sites (tertiary alicyclic amines) is 1. The first-order chi connectivity index (χ1) is 17.1. The standard InChI is InChI=1S/C27H28N4O2S2/c1-34-24-9-5-2-6-19(24)15-29-26(33)23-17-35-27(30-23)18-10-12-31(13-11-18)25(32)14-20-16-28-22-8-4-3-7-21(20)22/h2-9,16-18,28H,10-15H2,1H3,(H,29,33). The number of thiazole rings is 1. The van der Waals surface area contributed by atoms with Crippen molar-refractivity contribution in [2.24, 2.45) is 0 Å². The van der Waals surface area contributed by atoms with Crippen molar-refractivity contribution in [3.63, 3.8) is 0 Å². The molecule has 1 aliphatic rings. The Labute approximate surface area is 213 Å². The summed E-state index contributed by atoms with van der Waals surface area (Å²) in [7, 11) is 0. The second kappa shape index (κ2) is 10.7. The Balaban J connectivity index is 1.14. The number of hydrogen-bond donors (Lipinski definition) is 2. The van der Waals surface area contributed by atoms with Crippen molar-refractivity contribution in [1.82, 2.24) is 20.2 Å². The highest BCUT2D eigenvalue weighted by molar-refractivity contribution is 7.98. The minimum Gasteiger partial charge on any atom is -0.361 e. The minimum atomic E-state index is -0.144. The highest BCUT2D eigenvalue weighted by Crippen LogP contribution is 2.31. The number of carbonyl (C=O) groups excluding carboxylic acids is 2. The van der Waals surface area contributed by atoms with E-state index in [0.717, 1.165) is 57.9 Å². The number of nitrogens with one attached hydrogen (secondary N) is 2. The first kappa shape index (κ1) is 23.6. The van der Waals surface area contributed by atoms with Gasteiger partial charge < -0.3 is 15.2 Å². The van der Waals surface area contributed by atoms with Gasteiger partial charge in [0.25, 0.3) is 5.91 Å². The molecule has 0 saturated carbocycles. The number of nitrogens with zero attached hydrogens (tertiary/aromatic N) is 2. The molecule has 0 atom stereocenters. The number of carbonyl (C=O) groups is 2. The highest BCUT2D eigenvalue weighted by atomic mass is 32.2. The van der Waals surface area contributed by atoms with Crippen molar-refractivity contribution in [2.45, 2.75) is 36.6 Å². The number of aromatic nitrogens is 2. The van der Waals surface area contributed by atoms with E-state index in [2.05, 4.69) is 27.4 Å². The van der Waals surface area contributed by atoms with Gasteiger partial charge in [-0.05, 0) is 42.4 Å². The van der Waals surface area contributed by atoms with Crippen LogP contribution in [0.2, 0.25) is 0 Å². The van der Waals surface area contributed by atoms with Crippen LogP contribution in [-0.4, -0.2) is 46.0 Å². The average Bonchev–Trinajstić information content (AvgIpc) is 3.56. The Hall–Kier alpha value is -3.10. The predicted molar refractivity (Wildman–Crippen MR) is 142 cm³/mol. The predicted octanol–water partition coefficient (Wildman–Crippen LogP) is 5.23. The zero-order chi connectivity index (χ0) is 24.2. The molecule has 0 unspecified atom stereocenters. The summed E-state index contributed by atoms with van der Waals surface area (Å²) in [5.41, 5.74) is 3.69. The third-order valence-corrected chi connectivity index (χ3v) is 8.45. The Bertz CT molecular complexity index is 1340. The molecule has 0 spiro atoms. The van der Waals surface area contributed by atoms with Gasteiger partial charge >= 0.3 is 0 Å². The van der Waals surface area contributed by atoms with Gasteiger partial charge in [-0.1, -0.05) is 36.4 Å². The van der Waals surface area contributed by atoms with E-state index in [1.54, 1.807) is 23.1 Å². The number of para-hydroxylation sites is 1. The smallest absolute Gasteiger partial charge is 0.271 e. The Morgan fingerprint density at radius 1 is 1.11 bits per heavy atom. The number of benzene rings is 2. The van der Waals surface area contributed by atoms with Crippen LogP contribution in [0.1, 0.15) is 45.4 Å². The molecule has 2 aromatic carbocycles. The van der Waals surface area contributed by atoms with Gasteiger partial charge in [0, 0.05) is 52.9 Å². The molecule has 0 bridgehead atoms. The van der Waals surface area contributed by atoms with Crippen LogP contribution in [0.3, 0.4) is 0 Å². The zero-order valence-electron chi connectivity index (χ0n) is 19.6. The molecule has 4 aromatic rings. The van der Waals surface area contributed by atoms with E-state index in [4.69, 9.17) is 0 Å². The quantitative estimate of drug-likeness (QED) is 0.338. The van der Waals surface area contributed by atoms with Gasteiger partial charge in [0.2, 0.25) is 5.91 Å². The van der Waals surface area contributed by atoms with Crippen LogP contribution in [0.25, 0.3) is 10.9 Å². The molecule has 1 saturated heterocycles. The number of fused-ring (bicyclic) bond motifs is 1. The lowest BCUT2D eigenvalue weighted by Gasteiger charge is -2.31. The zero-order valence-corrected chi connectivity index (χ0v) is 21.3. The monoisotopic (exact) mass is 504 g/mol. The van der Waals surface area contributed by atoms with E-state index >= 15 is 0 Å². The van der Waals surface area contributed by atoms with Gasteiger partial charge in [-0.25, -0.2) is 4.98 Å². The molecule has 0 radical (unpaired) electrons. The van der Waals surface area contributed by atoms with Gasteiger partial charge in [0.1, 0.15) is 5.69 Å². The summed E-state index contributed by atoms with van der Waals surface area (Å²) in [5.74, 6) is 0.309. The summed E-state index contributed by atoms with van der Waals surface area (Å²) in [6.07, 6.45) is 6.13. The number of hydrogen-bond acceptors (Lipinski definition) is 5. The largest absolute Gasteiger partial charge is 0.361 e. The highest BCUT2D eigenvalue weighted by Gasteiger charge is 2.26. The van der Waals surface area contributed by atoms with Crippen molar-refractivity contribution in [2.75, 3.05) is 19.3 Å². The third-order valence-electron chi connectivity index (χ3n) is 6.60. The topological polar surface area (TPSA) is 78.1 Å². The second-order valence-corrected chi connectivity index (χ2v) is 10.5. The molecule has 2 N–H and O–H groups in total. The maximum Gasteiger partial charge on any atom is 0.271 e. The van der Waals surface area contributed by atoms with Crippen LogP contribution in [0.4, 0.5) is 0 Å². The molecule has 5 rings (SSSR count). The summed E-state index contributed by atoms with van der Waals surface area (Å²) in [4.78, 5) is 36.6. The van der Waals surface area contributed by atoms with Gasteiger partial charge in [0.05, 0.1) is 11.4 Å². The van der Waals surface area contributed by atoms with Crippen LogP contribution in [0.15, 0.2) is 65.0 Å². The molecule has 180 valence electrons. The van der Waals surface area contributed by atoms with E-state index in [1.807, 2.05) is 59.1 Å². The second-order valence-electron chi connectivity index (χ2n) is 8.76.